The van der Waals surface area contributed by atoms with Crippen molar-refractivity contribution in [2.75, 3.05) is 39.9 Å². The standard InChI is InChI=1S/C14H30N2O/c1-3-17-13-11-15-10-7-12-16(2)14-8-5-4-6-9-14/h14-15H,3-13H2,1-2H3. The van der Waals surface area contributed by atoms with Gasteiger partial charge in [-0.25, -0.2) is 0 Å². The Morgan fingerprint density at radius 3 is 2.65 bits per heavy atom. The highest BCUT2D eigenvalue weighted by Gasteiger charge is 2.16. The van der Waals surface area contributed by atoms with Gasteiger partial charge in [-0.15, -0.1) is 0 Å². The molecule has 0 heterocycles. The van der Waals surface area contributed by atoms with Gasteiger partial charge in [0.2, 0.25) is 0 Å². The number of nitrogens with zero attached hydrogens (tertiary/aromatic N) is 1. The summed E-state index contributed by atoms with van der Waals surface area (Å²) in [7, 11) is 2.29. The highest BCUT2D eigenvalue weighted by atomic mass is 16.5. The number of ether oxygens (including phenoxy) is 1. The first-order valence-corrected chi connectivity index (χ1v) is 7.33. The molecule has 0 aliphatic heterocycles. The van der Waals surface area contributed by atoms with Gasteiger partial charge in [0, 0.05) is 19.2 Å². The predicted molar refractivity (Wildman–Crippen MR) is 73.5 cm³/mol. The van der Waals surface area contributed by atoms with E-state index in [-0.39, 0.29) is 0 Å². The maximum atomic E-state index is 5.28. The third-order valence-electron chi connectivity index (χ3n) is 3.69. The molecule has 3 heteroatoms. The number of hydrogen-bond donors (Lipinski definition) is 1. The topological polar surface area (TPSA) is 24.5 Å². The highest BCUT2D eigenvalue weighted by molar-refractivity contribution is 4.73. The lowest BCUT2D eigenvalue weighted by Gasteiger charge is -2.31. The normalized spacial score (nSPS) is 17.8. The summed E-state index contributed by atoms with van der Waals surface area (Å²) in [5, 5.41) is 3.43. The van der Waals surface area contributed by atoms with E-state index in [0.29, 0.717) is 0 Å². The van der Waals surface area contributed by atoms with Crippen LogP contribution in [0.1, 0.15) is 45.4 Å². The minimum Gasteiger partial charge on any atom is -0.380 e. The van der Waals surface area contributed by atoms with E-state index < -0.39 is 0 Å². The first-order valence-electron chi connectivity index (χ1n) is 7.33. The van der Waals surface area contributed by atoms with Gasteiger partial charge in [0.25, 0.3) is 0 Å². The van der Waals surface area contributed by atoms with E-state index in [1.807, 2.05) is 6.92 Å². The average molecular weight is 242 g/mol. The zero-order chi connectivity index (χ0) is 12.3. The maximum absolute atomic E-state index is 5.28. The molecular formula is C14H30N2O. The van der Waals surface area contributed by atoms with Crippen molar-refractivity contribution in [3.63, 3.8) is 0 Å². The molecule has 0 aromatic rings. The molecule has 0 spiro atoms. The van der Waals surface area contributed by atoms with Crippen LogP contribution >= 0.6 is 0 Å². The summed E-state index contributed by atoms with van der Waals surface area (Å²) in [4.78, 5) is 2.56. The fourth-order valence-electron chi connectivity index (χ4n) is 2.57. The second-order valence-electron chi connectivity index (χ2n) is 5.07. The summed E-state index contributed by atoms with van der Waals surface area (Å²) < 4.78 is 5.28. The van der Waals surface area contributed by atoms with Crippen molar-refractivity contribution in [2.45, 2.75) is 51.5 Å². The SMILES string of the molecule is CCOCCNCCCN(C)C1CCCCC1. The van der Waals surface area contributed by atoms with Gasteiger partial charge in [0.05, 0.1) is 6.61 Å². The summed E-state index contributed by atoms with van der Waals surface area (Å²) in [6, 6.07) is 0.854. The molecule has 0 unspecified atom stereocenters. The lowest BCUT2D eigenvalue weighted by molar-refractivity contribution is 0.148. The molecule has 0 amide bonds. The van der Waals surface area contributed by atoms with Crippen LogP contribution in [-0.2, 0) is 4.74 Å². The van der Waals surface area contributed by atoms with Crippen LogP contribution in [-0.4, -0.2) is 50.8 Å². The maximum Gasteiger partial charge on any atom is 0.0590 e. The number of hydrogen-bond acceptors (Lipinski definition) is 3. The van der Waals surface area contributed by atoms with E-state index in [4.69, 9.17) is 4.74 Å². The number of rotatable bonds is 9. The Bertz CT molecular complexity index is 170. The van der Waals surface area contributed by atoms with E-state index in [2.05, 4.69) is 17.3 Å². The molecule has 17 heavy (non-hydrogen) atoms. The molecule has 1 N–H and O–H groups in total. The summed E-state index contributed by atoms with van der Waals surface area (Å²) in [5.74, 6) is 0. The Balaban J connectivity index is 1.90. The Hall–Kier alpha value is -0.120. The van der Waals surface area contributed by atoms with Crippen molar-refractivity contribution in [2.24, 2.45) is 0 Å². The van der Waals surface area contributed by atoms with E-state index in [9.17, 15) is 0 Å². The van der Waals surface area contributed by atoms with Crippen LogP contribution in [0.5, 0.6) is 0 Å². The van der Waals surface area contributed by atoms with E-state index in [1.54, 1.807) is 0 Å². The van der Waals surface area contributed by atoms with Crippen molar-refractivity contribution in [1.29, 1.82) is 0 Å². The molecule has 0 aromatic carbocycles. The van der Waals surface area contributed by atoms with Gasteiger partial charge in [-0.2, -0.15) is 0 Å². The molecule has 0 bridgehead atoms. The number of nitrogens with one attached hydrogen (secondary N) is 1. The first kappa shape index (κ1) is 14.9. The van der Waals surface area contributed by atoms with Crippen LogP contribution < -0.4 is 5.32 Å². The van der Waals surface area contributed by atoms with Crippen LogP contribution in [0.4, 0.5) is 0 Å². The van der Waals surface area contributed by atoms with Crippen LogP contribution in [0, 0.1) is 0 Å². The molecule has 0 aromatic heterocycles. The van der Waals surface area contributed by atoms with Crippen molar-refractivity contribution in [3.8, 4) is 0 Å². The zero-order valence-corrected chi connectivity index (χ0v) is 11.7. The van der Waals surface area contributed by atoms with Gasteiger partial charge < -0.3 is 15.0 Å². The van der Waals surface area contributed by atoms with Gasteiger partial charge in [-0.1, -0.05) is 19.3 Å². The summed E-state index contributed by atoms with van der Waals surface area (Å²) in [5.41, 5.74) is 0. The third kappa shape index (κ3) is 7.02. The highest BCUT2D eigenvalue weighted by Crippen LogP contribution is 2.21. The summed E-state index contributed by atoms with van der Waals surface area (Å²) in [6.07, 6.45) is 8.38. The third-order valence-corrected chi connectivity index (χ3v) is 3.69. The van der Waals surface area contributed by atoms with Crippen molar-refractivity contribution >= 4 is 0 Å². The van der Waals surface area contributed by atoms with Crippen LogP contribution in [0.25, 0.3) is 0 Å². The van der Waals surface area contributed by atoms with Gasteiger partial charge >= 0.3 is 0 Å². The Morgan fingerprint density at radius 1 is 1.18 bits per heavy atom. The summed E-state index contributed by atoms with van der Waals surface area (Å²) >= 11 is 0. The minimum absolute atomic E-state index is 0.825. The largest absolute Gasteiger partial charge is 0.380 e. The lowest BCUT2D eigenvalue weighted by Crippen LogP contribution is -2.35. The van der Waals surface area contributed by atoms with Gasteiger partial charge in [0.15, 0.2) is 0 Å². The van der Waals surface area contributed by atoms with Crippen molar-refractivity contribution in [3.05, 3.63) is 0 Å². The second kappa shape index (κ2) is 9.86. The van der Waals surface area contributed by atoms with E-state index >= 15 is 0 Å². The molecule has 0 atom stereocenters. The molecular weight excluding hydrogens is 212 g/mol. The Labute approximate surface area is 107 Å². The molecule has 1 saturated carbocycles. The smallest absolute Gasteiger partial charge is 0.0590 e. The zero-order valence-electron chi connectivity index (χ0n) is 11.7. The van der Waals surface area contributed by atoms with E-state index in [0.717, 1.165) is 32.3 Å². The lowest BCUT2D eigenvalue weighted by atomic mass is 9.94. The Morgan fingerprint density at radius 2 is 1.94 bits per heavy atom. The van der Waals surface area contributed by atoms with Crippen LogP contribution in [0.15, 0.2) is 0 Å². The molecule has 3 nitrogen and oxygen atoms in total. The molecule has 1 aliphatic rings. The molecule has 0 saturated heterocycles. The molecule has 1 fully saturated rings. The summed E-state index contributed by atoms with van der Waals surface area (Å²) in [6.45, 7) is 7.04. The van der Waals surface area contributed by atoms with Crippen LogP contribution in [0.2, 0.25) is 0 Å². The van der Waals surface area contributed by atoms with Gasteiger partial charge in [0.1, 0.15) is 0 Å². The van der Waals surface area contributed by atoms with Crippen LogP contribution in [0.3, 0.4) is 0 Å². The predicted octanol–water partition coefficient (Wildman–Crippen LogP) is 2.27. The first-order chi connectivity index (χ1) is 8.34. The minimum atomic E-state index is 0.825. The van der Waals surface area contributed by atoms with Crippen molar-refractivity contribution < 1.29 is 4.74 Å². The van der Waals surface area contributed by atoms with Gasteiger partial charge in [-0.3, -0.25) is 0 Å². The van der Waals surface area contributed by atoms with Gasteiger partial charge in [-0.05, 0) is 46.3 Å². The van der Waals surface area contributed by atoms with Crippen molar-refractivity contribution in [1.82, 2.24) is 10.2 Å². The monoisotopic (exact) mass is 242 g/mol. The average Bonchev–Trinajstić information content (AvgIpc) is 2.38. The molecule has 0 radical (unpaired) electrons. The fourth-order valence-corrected chi connectivity index (χ4v) is 2.57. The molecule has 1 aliphatic carbocycles. The van der Waals surface area contributed by atoms with E-state index in [1.165, 1.54) is 45.1 Å². The fraction of sp³-hybridized carbons (Fsp3) is 1.00. The molecule has 1 rings (SSSR count). The quantitative estimate of drug-likeness (QED) is 0.628. The molecule has 102 valence electrons. The second-order valence-corrected chi connectivity index (χ2v) is 5.07. The Kier molecular flexibility index (Phi) is 8.67.